The molecule has 0 bridgehead atoms. The van der Waals surface area contributed by atoms with E-state index in [1.54, 1.807) is 59.5 Å². The Morgan fingerprint density at radius 3 is 2.29 bits per heavy atom. The van der Waals surface area contributed by atoms with Crippen molar-refractivity contribution in [3.05, 3.63) is 89.5 Å². The summed E-state index contributed by atoms with van der Waals surface area (Å²) in [6, 6.07) is 18.7. The van der Waals surface area contributed by atoms with Gasteiger partial charge in [0.25, 0.3) is 5.92 Å². The van der Waals surface area contributed by atoms with Crippen LogP contribution in [0.3, 0.4) is 0 Å². The van der Waals surface area contributed by atoms with Gasteiger partial charge in [0.05, 0.1) is 13.1 Å². The van der Waals surface area contributed by atoms with E-state index in [0.717, 1.165) is 6.07 Å². The molecule has 0 radical (unpaired) electrons. The van der Waals surface area contributed by atoms with Gasteiger partial charge in [-0.1, -0.05) is 42.5 Å². The predicted octanol–water partition coefficient (Wildman–Crippen LogP) is 6.70. The molecule has 0 saturated carbocycles. The zero-order chi connectivity index (χ0) is 29.6. The van der Waals surface area contributed by atoms with E-state index in [-0.39, 0.29) is 25.9 Å². The maximum atomic E-state index is 13.9. The third-order valence-corrected chi connectivity index (χ3v) is 7.56. The van der Waals surface area contributed by atoms with Crippen LogP contribution in [0.15, 0.2) is 72.8 Å². The monoisotopic (exact) mass is 586 g/mol. The molecule has 2 heterocycles. The van der Waals surface area contributed by atoms with Crippen LogP contribution in [0, 0.1) is 0 Å². The average Bonchev–Trinajstić information content (AvgIpc) is 3.40. The van der Waals surface area contributed by atoms with E-state index in [0.29, 0.717) is 28.1 Å². The molecular weight excluding hydrogens is 560 g/mol. The molecule has 41 heavy (non-hydrogen) atoms. The van der Waals surface area contributed by atoms with Crippen LogP contribution in [0.2, 0.25) is 0 Å². The van der Waals surface area contributed by atoms with Gasteiger partial charge in [-0.25, -0.2) is 8.78 Å². The highest BCUT2D eigenvalue weighted by Gasteiger charge is 2.48. The number of fused-ring (bicyclic) bond motifs is 1. The van der Waals surface area contributed by atoms with Crippen LogP contribution in [-0.2, 0) is 11.8 Å². The fraction of sp³-hybridized carbons (Fsp3) is 0.379. The molecule has 3 aromatic carbocycles. The van der Waals surface area contributed by atoms with Crippen molar-refractivity contribution in [2.24, 2.45) is 0 Å². The number of aliphatic hydroxyl groups excluding tert-OH is 1. The summed E-state index contributed by atoms with van der Waals surface area (Å²) in [5, 5.41) is 9.90. The zero-order valence-corrected chi connectivity index (χ0v) is 21.5. The Morgan fingerprint density at radius 1 is 0.878 bits per heavy atom. The zero-order valence-electron chi connectivity index (χ0n) is 21.5. The molecule has 2 aliphatic heterocycles. The lowest BCUT2D eigenvalue weighted by atomic mass is 9.71. The minimum Gasteiger partial charge on any atom is -0.406 e. The Hall–Kier alpha value is -3.54. The van der Waals surface area contributed by atoms with E-state index >= 15 is 0 Å². The van der Waals surface area contributed by atoms with Crippen molar-refractivity contribution in [2.75, 3.05) is 36.0 Å². The number of halogens is 8. The Kier molecular flexibility index (Phi) is 7.33. The first-order valence-electron chi connectivity index (χ1n) is 12.8. The average molecular weight is 587 g/mol. The molecule has 0 aliphatic carbocycles. The third-order valence-electron chi connectivity index (χ3n) is 7.56. The lowest BCUT2D eigenvalue weighted by molar-refractivity contribution is -0.274. The Bertz CT molecular complexity index is 1390. The largest absolute Gasteiger partial charge is 0.573 e. The lowest BCUT2D eigenvalue weighted by Gasteiger charge is -2.33. The highest BCUT2D eigenvalue weighted by molar-refractivity contribution is 5.67. The number of nitrogens with zero attached hydrogens (tertiary/aromatic N) is 2. The molecule has 1 N–H and O–H groups in total. The van der Waals surface area contributed by atoms with Gasteiger partial charge in [-0.2, -0.15) is 13.2 Å². The Labute approximate surface area is 230 Å². The van der Waals surface area contributed by atoms with Crippen molar-refractivity contribution in [2.45, 2.75) is 42.8 Å². The number of ether oxygens (including phenoxy) is 1. The third kappa shape index (κ3) is 6.22. The minimum atomic E-state index is -4.96. The molecule has 0 spiro atoms. The lowest BCUT2D eigenvalue weighted by Crippen LogP contribution is -2.44. The first-order valence-corrected chi connectivity index (χ1v) is 12.8. The summed E-state index contributed by atoms with van der Waals surface area (Å²) < 4.78 is 111. The molecule has 12 heteroatoms. The predicted molar refractivity (Wildman–Crippen MR) is 137 cm³/mol. The van der Waals surface area contributed by atoms with Gasteiger partial charge in [0.2, 0.25) is 0 Å². The number of β-amino-alcohol motifs (C(OH)–C–C–N with tert-alkyl or cyclic N) is 1. The summed E-state index contributed by atoms with van der Waals surface area (Å²) in [7, 11) is 0. The molecule has 1 fully saturated rings. The number of hydrogen-bond donors (Lipinski definition) is 1. The molecule has 220 valence electrons. The van der Waals surface area contributed by atoms with E-state index < -0.39 is 48.8 Å². The topological polar surface area (TPSA) is 35.9 Å². The highest BCUT2D eigenvalue weighted by Crippen LogP contribution is 2.48. The smallest absolute Gasteiger partial charge is 0.406 e. The molecule has 1 unspecified atom stereocenters. The second-order valence-electron chi connectivity index (χ2n) is 10.5. The van der Waals surface area contributed by atoms with Crippen LogP contribution in [0.5, 0.6) is 5.75 Å². The second kappa shape index (κ2) is 10.4. The van der Waals surface area contributed by atoms with Crippen LogP contribution in [-0.4, -0.2) is 55.9 Å². The Morgan fingerprint density at radius 2 is 1.61 bits per heavy atom. The second-order valence-corrected chi connectivity index (χ2v) is 10.5. The number of hydrogen-bond acceptors (Lipinski definition) is 4. The van der Waals surface area contributed by atoms with E-state index in [2.05, 4.69) is 4.74 Å². The van der Waals surface area contributed by atoms with E-state index in [9.17, 15) is 40.2 Å². The standard InChI is InChI=1S/C29H26F8N2O2/c30-27(31)11-12-38(18-27)21-7-3-5-19(13-21)15-26(20-6-4-8-22(14-20)41-29(35,36)37)17-39(16-25(40)28(32,33)34)24-10-2-1-9-23(24)26/h1-10,13-14,25,40H,11-12,15-18H2/t25-,26?/m1/s1. The molecular formula is C29H26F8N2O2. The van der Waals surface area contributed by atoms with Crippen LogP contribution in [0.4, 0.5) is 46.5 Å². The van der Waals surface area contributed by atoms with E-state index in [4.69, 9.17) is 0 Å². The van der Waals surface area contributed by atoms with Crippen molar-refractivity contribution < 1.29 is 45.0 Å². The SMILES string of the molecule is O[C@H](CN1CC(Cc2cccc(N3CCC(F)(F)C3)c2)(c2cccc(OC(F)(F)F)c2)c2ccccc21)C(F)(F)F. The van der Waals surface area contributed by atoms with Gasteiger partial charge in [-0.3, -0.25) is 0 Å². The first-order chi connectivity index (χ1) is 19.2. The number of benzene rings is 3. The maximum absolute atomic E-state index is 13.9. The normalized spacial score (nSPS) is 21.2. The van der Waals surface area contributed by atoms with Gasteiger partial charge in [-0.05, 0) is 53.4 Å². The van der Waals surface area contributed by atoms with Crippen molar-refractivity contribution in [1.29, 1.82) is 0 Å². The minimum absolute atomic E-state index is 0.0963. The molecule has 1 saturated heterocycles. The van der Waals surface area contributed by atoms with Gasteiger partial charge < -0.3 is 19.6 Å². The van der Waals surface area contributed by atoms with Crippen molar-refractivity contribution in [3.63, 3.8) is 0 Å². The van der Waals surface area contributed by atoms with Gasteiger partial charge in [-0.15, -0.1) is 13.2 Å². The summed E-state index contributed by atoms with van der Waals surface area (Å²) in [4.78, 5) is 2.91. The van der Waals surface area contributed by atoms with E-state index in [1.165, 1.54) is 17.0 Å². The van der Waals surface area contributed by atoms with Crippen molar-refractivity contribution >= 4 is 11.4 Å². The summed E-state index contributed by atoms with van der Waals surface area (Å²) in [6.07, 6.45) is -12.7. The molecule has 5 rings (SSSR count). The molecule has 4 nitrogen and oxygen atoms in total. The first kappa shape index (κ1) is 29.0. The van der Waals surface area contributed by atoms with Crippen LogP contribution in [0.25, 0.3) is 0 Å². The number of para-hydroxylation sites is 1. The summed E-state index contributed by atoms with van der Waals surface area (Å²) >= 11 is 0. The summed E-state index contributed by atoms with van der Waals surface area (Å²) in [6.45, 7) is -1.19. The molecule has 0 aromatic heterocycles. The quantitative estimate of drug-likeness (QED) is 0.313. The number of aliphatic hydroxyl groups is 1. The maximum Gasteiger partial charge on any atom is 0.573 e. The molecule has 3 aromatic rings. The van der Waals surface area contributed by atoms with Crippen molar-refractivity contribution in [3.8, 4) is 5.75 Å². The van der Waals surface area contributed by atoms with Gasteiger partial charge >= 0.3 is 12.5 Å². The fourth-order valence-corrected chi connectivity index (χ4v) is 5.78. The van der Waals surface area contributed by atoms with Crippen LogP contribution in [0.1, 0.15) is 23.1 Å². The summed E-state index contributed by atoms with van der Waals surface area (Å²) in [5.41, 5.74) is 1.33. The molecule has 0 amide bonds. The van der Waals surface area contributed by atoms with E-state index in [1.807, 2.05) is 0 Å². The van der Waals surface area contributed by atoms with Gasteiger partial charge in [0, 0.05) is 36.3 Å². The summed E-state index contributed by atoms with van der Waals surface area (Å²) in [5.74, 6) is -3.32. The van der Waals surface area contributed by atoms with Gasteiger partial charge in [0.15, 0.2) is 6.10 Å². The number of rotatable bonds is 7. The van der Waals surface area contributed by atoms with Gasteiger partial charge in [0.1, 0.15) is 5.75 Å². The Balaban J connectivity index is 1.59. The van der Waals surface area contributed by atoms with Crippen LogP contribution < -0.4 is 14.5 Å². The number of alkyl halides is 8. The van der Waals surface area contributed by atoms with Crippen molar-refractivity contribution in [1.82, 2.24) is 0 Å². The van der Waals surface area contributed by atoms with Crippen LogP contribution >= 0.6 is 0 Å². The fourth-order valence-electron chi connectivity index (χ4n) is 5.78. The highest BCUT2D eigenvalue weighted by atomic mass is 19.4. The number of anilines is 2. The molecule has 2 aliphatic rings. The molecule has 2 atom stereocenters.